The molecule has 2 aromatic carbocycles. The molecule has 0 fully saturated rings. The second kappa shape index (κ2) is 9.84. The minimum absolute atomic E-state index is 0. The van der Waals surface area contributed by atoms with Crippen LogP contribution in [-0.2, 0) is 10.0 Å². The van der Waals surface area contributed by atoms with Gasteiger partial charge in [-0.2, -0.15) is 4.98 Å². The Morgan fingerprint density at radius 3 is 2.43 bits per heavy atom. The second-order valence-corrected chi connectivity index (χ2v) is 8.40. The Morgan fingerprint density at radius 2 is 1.77 bits per heavy atom. The van der Waals surface area contributed by atoms with Gasteiger partial charge in [-0.15, -0.1) is 12.4 Å². The third-order valence-corrected chi connectivity index (χ3v) is 4.78. The Hall–Kier alpha value is -2.75. The molecule has 1 heterocycles. The lowest BCUT2D eigenvalue weighted by Crippen LogP contribution is -2.11. The zero-order chi connectivity index (χ0) is 21.0. The molecular formula is C19H21Cl2N5O3S. The average Bonchev–Trinajstić information content (AvgIpc) is 2.66. The van der Waals surface area contributed by atoms with Crippen LogP contribution >= 0.6 is 24.0 Å². The predicted octanol–water partition coefficient (Wildman–Crippen LogP) is 4.73. The summed E-state index contributed by atoms with van der Waals surface area (Å²) >= 11 is 6.25. The van der Waals surface area contributed by atoms with E-state index in [1.807, 2.05) is 31.2 Å². The van der Waals surface area contributed by atoms with E-state index >= 15 is 0 Å². The number of aryl methyl sites for hydroxylation is 1. The highest BCUT2D eigenvalue weighted by molar-refractivity contribution is 7.92. The Balaban J connectivity index is 0.00000320. The third kappa shape index (κ3) is 6.12. The quantitative estimate of drug-likeness (QED) is 0.459. The van der Waals surface area contributed by atoms with Gasteiger partial charge in [-0.1, -0.05) is 29.8 Å². The highest BCUT2D eigenvalue weighted by atomic mass is 35.5. The lowest BCUT2D eigenvalue weighted by atomic mass is 10.2. The monoisotopic (exact) mass is 469 g/mol. The fourth-order valence-electron chi connectivity index (χ4n) is 2.52. The van der Waals surface area contributed by atoms with Crippen LogP contribution < -0.4 is 20.1 Å². The van der Waals surface area contributed by atoms with Gasteiger partial charge in [0.1, 0.15) is 10.8 Å². The smallest absolute Gasteiger partial charge is 0.229 e. The molecule has 0 saturated heterocycles. The summed E-state index contributed by atoms with van der Waals surface area (Å²) in [6.45, 7) is 1.97. The summed E-state index contributed by atoms with van der Waals surface area (Å²) in [5.74, 6) is 1.16. The summed E-state index contributed by atoms with van der Waals surface area (Å²) in [6, 6.07) is 12.7. The summed E-state index contributed by atoms with van der Waals surface area (Å²) < 4.78 is 31.1. The second-order valence-electron chi connectivity index (χ2n) is 6.24. The molecule has 3 aromatic rings. The molecule has 0 spiro atoms. The molecule has 0 unspecified atom stereocenters. The molecule has 0 amide bonds. The molecule has 30 heavy (non-hydrogen) atoms. The van der Waals surface area contributed by atoms with E-state index in [2.05, 4.69) is 25.3 Å². The molecule has 0 radical (unpaired) electrons. The van der Waals surface area contributed by atoms with Crippen molar-refractivity contribution in [2.24, 2.45) is 0 Å². The van der Waals surface area contributed by atoms with E-state index in [1.165, 1.54) is 13.3 Å². The summed E-state index contributed by atoms with van der Waals surface area (Å²) in [5.41, 5.74) is 2.66. The van der Waals surface area contributed by atoms with Crippen LogP contribution in [0.2, 0.25) is 5.02 Å². The number of nitrogens with one attached hydrogen (secondary N) is 3. The molecule has 0 aliphatic heterocycles. The van der Waals surface area contributed by atoms with Crippen molar-refractivity contribution in [3.8, 4) is 5.75 Å². The number of halogens is 2. The van der Waals surface area contributed by atoms with Crippen molar-refractivity contribution in [1.82, 2.24) is 9.97 Å². The first-order valence-corrected chi connectivity index (χ1v) is 10.8. The summed E-state index contributed by atoms with van der Waals surface area (Å²) in [6.07, 6.45) is 2.53. The van der Waals surface area contributed by atoms with Gasteiger partial charge in [0.2, 0.25) is 16.0 Å². The maximum Gasteiger partial charge on any atom is 0.229 e. The van der Waals surface area contributed by atoms with Crippen LogP contribution in [0.15, 0.2) is 48.7 Å². The number of nitrogens with zero attached hydrogens (tertiary/aromatic N) is 2. The predicted molar refractivity (Wildman–Crippen MR) is 123 cm³/mol. The Morgan fingerprint density at radius 1 is 1.03 bits per heavy atom. The molecule has 8 nitrogen and oxygen atoms in total. The largest absolute Gasteiger partial charge is 0.497 e. The highest BCUT2D eigenvalue weighted by Crippen LogP contribution is 2.32. The van der Waals surface area contributed by atoms with Crippen LogP contribution in [0.3, 0.4) is 0 Å². The first-order valence-electron chi connectivity index (χ1n) is 8.53. The summed E-state index contributed by atoms with van der Waals surface area (Å²) in [5, 5.41) is 6.47. The topological polar surface area (TPSA) is 105 Å². The Labute approximate surface area is 186 Å². The van der Waals surface area contributed by atoms with Crippen molar-refractivity contribution in [2.75, 3.05) is 28.7 Å². The Bertz CT molecular complexity index is 1140. The molecular weight excluding hydrogens is 449 g/mol. The lowest BCUT2D eigenvalue weighted by molar-refractivity contribution is 0.415. The number of sulfonamides is 1. The first kappa shape index (κ1) is 23.5. The average molecular weight is 470 g/mol. The molecule has 0 atom stereocenters. The van der Waals surface area contributed by atoms with Crippen molar-refractivity contribution in [2.45, 2.75) is 6.92 Å². The number of benzene rings is 2. The van der Waals surface area contributed by atoms with Crippen LogP contribution in [0.5, 0.6) is 5.75 Å². The number of hydrogen-bond acceptors (Lipinski definition) is 7. The standard InChI is InChI=1S/C19H20ClN5O3S.ClH/c1-12-6-4-5-7-15(12)23-19-21-11-14(20)18(24-19)22-16-9-8-13(28-2)10-17(16)25-29(3,26)27;/h4-11,25H,1-3H3,(H2,21,22,23,24);1H. The number of rotatable bonds is 7. The molecule has 3 rings (SSSR count). The summed E-state index contributed by atoms with van der Waals surface area (Å²) in [4.78, 5) is 8.61. The lowest BCUT2D eigenvalue weighted by Gasteiger charge is -2.15. The van der Waals surface area contributed by atoms with Crippen LogP contribution in [0.25, 0.3) is 0 Å². The number of para-hydroxylation sites is 1. The van der Waals surface area contributed by atoms with Gasteiger partial charge < -0.3 is 15.4 Å². The maximum atomic E-state index is 11.7. The molecule has 0 aliphatic rings. The van der Waals surface area contributed by atoms with Gasteiger partial charge in [0.05, 0.1) is 30.9 Å². The third-order valence-electron chi connectivity index (χ3n) is 3.91. The zero-order valence-corrected chi connectivity index (χ0v) is 18.8. The molecule has 160 valence electrons. The van der Waals surface area contributed by atoms with Crippen LogP contribution in [0, 0.1) is 6.92 Å². The minimum Gasteiger partial charge on any atom is -0.497 e. The number of anilines is 5. The van der Waals surface area contributed by atoms with Crippen LogP contribution in [0.4, 0.5) is 28.8 Å². The zero-order valence-electron chi connectivity index (χ0n) is 16.4. The number of ether oxygens (including phenoxy) is 1. The maximum absolute atomic E-state index is 11.7. The van der Waals surface area contributed by atoms with E-state index in [0.29, 0.717) is 28.9 Å². The van der Waals surface area contributed by atoms with Crippen LogP contribution in [-0.4, -0.2) is 31.8 Å². The number of aromatic nitrogens is 2. The molecule has 0 saturated carbocycles. The van der Waals surface area contributed by atoms with Crippen molar-refractivity contribution in [3.05, 3.63) is 59.2 Å². The van der Waals surface area contributed by atoms with Crippen molar-refractivity contribution in [1.29, 1.82) is 0 Å². The van der Waals surface area contributed by atoms with Crippen molar-refractivity contribution >= 4 is 62.9 Å². The number of methoxy groups -OCH3 is 1. The molecule has 11 heteroatoms. The van der Waals surface area contributed by atoms with E-state index in [-0.39, 0.29) is 17.4 Å². The minimum atomic E-state index is -3.50. The van der Waals surface area contributed by atoms with Crippen molar-refractivity contribution < 1.29 is 13.2 Å². The molecule has 3 N–H and O–H groups in total. The fourth-order valence-corrected chi connectivity index (χ4v) is 3.23. The van der Waals surface area contributed by atoms with Gasteiger partial charge in [0.25, 0.3) is 0 Å². The van der Waals surface area contributed by atoms with Gasteiger partial charge in [-0.3, -0.25) is 4.72 Å². The van der Waals surface area contributed by atoms with E-state index in [4.69, 9.17) is 16.3 Å². The van der Waals surface area contributed by atoms with Gasteiger partial charge in [-0.25, -0.2) is 13.4 Å². The normalized spacial score (nSPS) is 10.7. The van der Waals surface area contributed by atoms with Gasteiger partial charge in [0.15, 0.2) is 5.82 Å². The molecule has 1 aromatic heterocycles. The van der Waals surface area contributed by atoms with E-state index in [1.54, 1.807) is 18.2 Å². The summed E-state index contributed by atoms with van der Waals surface area (Å²) in [7, 11) is -2.01. The van der Waals surface area contributed by atoms with Gasteiger partial charge >= 0.3 is 0 Å². The first-order chi connectivity index (χ1) is 13.7. The fraction of sp³-hybridized carbons (Fsp3) is 0.158. The van der Waals surface area contributed by atoms with E-state index in [9.17, 15) is 8.42 Å². The van der Waals surface area contributed by atoms with Crippen molar-refractivity contribution in [3.63, 3.8) is 0 Å². The van der Waals surface area contributed by atoms with E-state index in [0.717, 1.165) is 17.5 Å². The van der Waals surface area contributed by atoms with Crippen LogP contribution in [0.1, 0.15) is 5.56 Å². The van der Waals surface area contributed by atoms with E-state index < -0.39 is 10.0 Å². The highest BCUT2D eigenvalue weighted by Gasteiger charge is 2.13. The SMILES string of the molecule is COc1ccc(Nc2nc(Nc3ccccc3C)ncc2Cl)c(NS(C)(=O)=O)c1.Cl. The van der Waals surface area contributed by atoms with Gasteiger partial charge in [0, 0.05) is 11.8 Å². The molecule has 0 aliphatic carbocycles. The van der Waals surface area contributed by atoms with Gasteiger partial charge in [-0.05, 0) is 30.7 Å². The molecule has 0 bridgehead atoms. The number of hydrogen-bond donors (Lipinski definition) is 3. The Kier molecular flexibility index (Phi) is 7.71.